The normalized spacial score (nSPS) is 17.3. The molecule has 0 radical (unpaired) electrons. The molecule has 1 amide bonds. The van der Waals surface area contributed by atoms with Crippen molar-refractivity contribution in [1.82, 2.24) is 15.3 Å². The van der Waals surface area contributed by atoms with Gasteiger partial charge in [0.1, 0.15) is 11.8 Å². The van der Waals surface area contributed by atoms with Crippen LogP contribution in [0.1, 0.15) is 61.3 Å². The number of hydrogen-bond donors (Lipinski definition) is 3. The van der Waals surface area contributed by atoms with E-state index in [2.05, 4.69) is 38.8 Å². The average Bonchev–Trinajstić information content (AvgIpc) is 3.22. The van der Waals surface area contributed by atoms with E-state index in [0.29, 0.717) is 5.92 Å². The van der Waals surface area contributed by atoms with Crippen molar-refractivity contribution in [3.8, 4) is 12.1 Å². The van der Waals surface area contributed by atoms with Gasteiger partial charge in [-0.3, -0.25) is 10.3 Å². The van der Waals surface area contributed by atoms with Crippen LogP contribution < -0.4 is 15.4 Å². The number of nitrogens with zero attached hydrogens (tertiary/aromatic N) is 2. The molecule has 2 aliphatic rings. The highest BCUT2D eigenvalue weighted by atomic mass is 16.6. The molecule has 1 aromatic carbocycles. The maximum Gasteiger partial charge on any atom is 0.419 e. The van der Waals surface area contributed by atoms with Gasteiger partial charge >= 0.3 is 12.1 Å². The zero-order chi connectivity index (χ0) is 20.1. The first-order valence-electron chi connectivity index (χ1n) is 10.2. The zero-order valence-corrected chi connectivity index (χ0v) is 16.3. The van der Waals surface area contributed by atoms with Crippen LogP contribution in [0.15, 0.2) is 30.5 Å². The molecule has 4 rings (SSSR count). The third kappa shape index (κ3) is 4.66. The maximum atomic E-state index is 12.4. The second kappa shape index (κ2) is 8.93. The van der Waals surface area contributed by atoms with E-state index in [0.717, 1.165) is 56.4 Å². The summed E-state index contributed by atoms with van der Waals surface area (Å²) in [6.45, 7) is 2.09. The van der Waals surface area contributed by atoms with Crippen LogP contribution in [0.3, 0.4) is 0 Å². The molecule has 7 heteroatoms. The van der Waals surface area contributed by atoms with Gasteiger partial charge in [-0.05, 0) is 80.8 Å². The van der Waals surface area contributed by atoms with Gasteiger partial charge in [-0.2, -0.15) is 5.26 Å². The van der Waals surface area contributed by atoms with Gasteiger partial charge in [0, 0.05) is 5.56 Å². The predicted molar refractivity (Wildman–Crippen MR) is 111 cm³/mol. The number of piperidine rings is 1. The molecule has 3 N–H and O–H groups in total. The largest absolute Gasteiger partial charge is 0.419 e. The van der Waals surface area contributed by atoms with Crippen LogP contribution in [0.2, 0.25) is 0 Å². The number of imidazole rings is 1. The van der Waals surface area contributed by atoms with Crippen LogP contribution >= 0.6 is 0 Å². The number of rotatable bonds is 4. The van der Waals surface area contributed by atoms with E-state index < -0.39 is 6.09 Å². The van der Waals surface area contributed by atoms with Crippen molar-refractivity contribution in [1.29, 1.82) is 5.26 Å². The summed E-state index contributed by atoms with van der Waals surface area (Å²) in [4.78, 5) is 18.9. The van der Waals surface area contributed by atoms with E-state index >= 15 is 0 Å². The number of allylic oxidation sites excluding steroid dienone is 2. The third-order valence-corrected chi connectivity index (χ3v) is 5.59. The van der Waals surface area contributed by atoms with Crippen LogP contribution in [-0.2, 0) is 0 Å². The number of H-pyrrole nitrogens is 1. The van der Waals surface area contributed by atoms with Crippen molar-refractivity contribution in [3.63, 3.8) is 0 Å². The molecular weight excluding hydrogens is 366 g/mol. The molecule has 150 valence electrons. The van der Waals surface area contributed by atoms with Gasteiger partial charge in [-0.1, -0.05) is 12.1 Å². The van der Waals surface area contributed by atoms with Crippen molar-refractivity contribution < 1.29 is 9.53 Å². The number of amides is 1. The molecule has 1 aliphatic carbocycles. The van der Waals surface area contributed by atoms with Gasteiger partial charge in [0.25, 0.3) is 0 Å². The van der Waals surface area contributed by atoms with Crippen LogP contribution in [0, 0.1) is 11.3 Å². The summed E-state index contributed by atoms with van der Waals surface area (Å²) in [6.07, 6.45) is 9.71. The average molecular weight is 391 g/mol. The Hall–Kier alpha value is -3.11. The Labute approximate surface area is 170 Å². The van der Waals surface area contributed by atoms with Crippen LogP contribution in [-0.4, -0.2) is 29.2 Å². The second-order valence-corrected chi connectivity index (χ2v) is 7.53. The summed E-state index contributed by atoms with van der Waals surface area (Å²) in [5.74, 6) is 0.549. The highest BCUT2D eigenvalue weighted by molar-refractivity contribution is 5.91. The minimum Gasteiger partial charge on any atom is -0.375 e. The molecule has 1 aliphatic heterocycles. The lowest BCUT2D eigenvalue weighted by molar-refractivity contribution is 0.211. The molecule has 7 nitrogen and oxygen atoms in total. The number of aromatic amines is 1. The van der Waals surface area contributed by atoms with E-state index in [9.17, 15) is 4.79 Å². The summed E-state index contributed by atoms with van der Waals surface area (Å²) >= 11 is 0. The van der Waals surface area contributed by atoms with Crippen molar-refractivity contribution >= 4 is 17.4 Å². The molecule has 0 spiro atoms. The highest BCUT2D eigenvalue weighted by Gasteiger charge is 2.20. The van der Waals surface area contributed by atoms with Gasteiger partial charge in [-0.25, -0.2) is 9.78 Å². The van der Waals surface area contributed by atoms with Gasteiger partial charge in [0.2, 0.25) is 0 Å². The third-order valence-electron chi connectivity index (χ3n) is 5.59. The fraction of sp³-hybridized carbons (Fsp3) is 0.409. The van der Waals surface area contributed by atoms with Crippen LogP contribution in [0.25, 0.3) is 5.57 Å². The fourth-order valence-corrected chi connectivity index (χ4v) is 4.06. The summed E-state index contributed by atoms with van der Waals surface area (Å²) in [5, 5.41) is 15.1. The molecule has 0 atom stereocenters. The van der Waals surface area contributed by atoms with Gasteiger partial charge in [-0.15, -0.1) is 0 Å². The quantitative estimate of drug-likeness (QED) is 0.720. The first-order chi connectivity index (χ1) is 14.2. The summed E-state index contributed by atoms with van der Waals surface area (Å²) in [5.41, 5.74) is 4.68. The minimum atomic E-state index is -0.629. The molecule has 2 heterocycles. The summed E-state index contributed by atoms with van der Waals surface area (Å²) in [7, 11) is 0. The number of carbonyl (C=O) groups is 1. The highest BCUT2D eigenvalue weighted by Crippen LogP contribution is 2.35. The number of hydrogen-bond acceptors (Lipinski definition) is 5. The summed E-state index contributed by atoms with van der Waals surface area (Å²) < 4.78 is 5.19. The monoisotopic (exact) mass is 391 g/mol. The molecule has 0 saturated carbocycles. The zero-order valence-electron chi connectivity index (χ0n) is 16.3. The molecular formula is C22H25N5O2. The molecule has 1 fully saturated rings. The first kappa shape index (κ1) is 19.2. The number of nitrogens with one attached hydrogen (secondary N) is 3. The standard InChI is InChI=1S/C22H25N5O2/c23-13-18-14-25-21(26-18)29-22(28)27-20-7-6-17(15-8-10-24-11-9-15)12-19(20)16-4-2-1-3-5-16/h4,6-7,12,14-15,24H,1-3,5,8-11H2,(H,25,26)(H,27,28). The maximum absolute atomic E-state index is 12.4. The molecule has 2 aromatic rings. The number of nitriles is 1. The van der Waals surface area contributed by atoms with Crippen LogP contribution in [0.4, 0.5) is 10.5 Å². The van der Waals surface area contributed by atoms with E-state index in [1.54, 1.807) is 0 Å². The minimum absolute atomic E-state index is 0.00353. The number of ether oxygens (including phenoxy) is 1. The topological polar surface area (TPSA) is 103 Å². The van der Waals surface area contributed by atoms with E-state index in [-0.39, 0.29) is 11.7 Å². The molecule has 0 bridgehead atoms. The SMILES string of the molecule is N#Cc1cnc(OC(=O)Nc2ccc(C3CCNCC3)cc2C2=CCCCC2)[nH]1. The van der Waals surface area contributed by atoms with Crippen molar-refractivity contribution in [2.45, 2.75) is 44.4 Å². The first-order valence-corrected chi connectivity index (χ1v) is 10.2. The van der Waals surface area contributed by atoms with E-state index in [1.807, 2.05) is 12.1 Å². The Morgan fingerprint density at radius 3 is 2.86 bits per heavy atom. The fourth-order valence-electron chi connectivity index (χ4n) is 4.06. The molecule has 1 saturated heterocycles. The predicted octanol–water partition coefficient (Wildman–Crippen LogP) is 4.32. The van der Waals surface area contributed by atoms with Crippen LogP contribution in [0.5, 0.6) is 6.01 Å². The van der Waals surface area contributed by atoms with Gasteiger partial charge < -0.3 is 10.1 Å². The lowest BCUT2D eigenvalue weighted by Crippen LogP contribution is -2.26. The smallest absolute Gasteiger partial charge is 0.375 e. The van der Waals surface area contributed by atoms with Crippen molar-refractivity contribution in [2.24, 2.45) is 0 Å². The number of benzene rings is 1. The van der Waals surface area contributed by atoms with E-state index in [1.165, 1.54) is 23.8 Å². The van der Waals surface area contributed by atoms with Gasteiger partial charge in [0.15, 0.2) is 0 Å². The number of aromatic nitrogens is 2. The molecule has 1 aromatic heterocycles. The Balaban J connectivity index is 1.56. The second-order valence-electron chi connectivity index (χ2n) is 7.53. The number of carbonyl (C=O) groups excluding carboxylic acids is 1. The van der Waals surface area contributed by atoms with E-state index in [4.69, 9.17) is 10.00 Å². The molecule has 0 unspecified atom stereocenters. The lowest BCUT2D eigenvalue weighted by Gasteiger charge is -2.25. The summed E-state index contributed by atoms with van der Waals surface area (Å²) in [6, 6.07) is 8.25. The van der Waals surface area contributed by atoms with Crippen molar-refractivity contribution in [2.75, 3.05) is 18.4 Å². The Kier molecular flexibility index (Phi) is 5.92. The van der Waals surface area contributed by atoms with Crippen molar-refractivity contribution in [3.05, 3.63) is 47.3 Å². The molecule has 29 heavy (non-hydrogen) atoms. The van der Waals surface area contributed by atoms with Gasteiger partial charge in [0.05, 0.1) is 11.9 Å². The number of anilines is 1. The lowest BCUT2D eigenvalue weighted by atomic mass is 9.86. The Morgan fingerprint density at radius 2 is 2.14 bits per heavy atom. The Morgan fingerprint density at radius 1 is 1.28 bits per heavy atom. The Bertz CT molecular complexity index is 950.